The SMILES string of the molecule is CCSc1ccc(Cl)cc1CCl. The fourth-order valence-electron chi connectivity index (χ4n) is 0.949. The first kappa shape index (κ1) is 10.2. The van der Waals surface area contributed by atoms with Crippen molar-refractivity contribution in [2.45, 2.75) is 17.7 Å². The van der Waals surface area contributed by atoms with E-state index in [1.165, 1.54) is 4.90 Å². The summed E-state index contributed by atoms with van der Waals surface area (Å²) in [5.41, 5.74) is 1.12. The summed E-state index contributed by atoms with van der Waals surface area (Å²) in [5.74, 6) is 1.59. The molecular formula is C9H10Cl2S. The first-order chi connectivity index (χ1) is 5.77. The highest BCUT2D eigenvalue weighted by Crippen LogP contribution is 2.26. The third-order valence-electron chi connectivity index (χ3n) is 1.47. The zero-order valence-electron chi connectivity index (χ0n) is 6.81. The molecule has 0 aliphatic carbocycles. The van der Waals surface area contributed by atoms with Crippen molar-refractivity contribution >= 4 is 35.0 Å². The number of rotatable bonds is 3. The van der Waals surface area contributed by atoms with E-state index in [9.17, 15) is 0 Å². The second-order valence-electron chi connectivity index (χ2n) is 2.32. The smallest absolute Gasteiger partial charge is 0.0485 e. The maximum atomic E-state index is 5.83. The molecule has 1 rings (SSSR count). The van der Waals surface area contributed by atoms with Crippen molar-refractivity contribution in [2.24, 2.45) is 0 Å². The highest BCUT2D eigenvalue weighted by molar-refractivity contribution is 7.99. The van der Waals surface area contributed by atoms with Gasteiger partial charge in [-0.3, -0.25) is 0 Å². The number of benzene rings is 1. The molecule has 1 aromatic carbocycles. The van der Waals surface area contributed by atoms with E-state index in [-0.39, 0.29) is 0 Å². The third-order valence-corrected chi connectivity index (χ3v) is 2.99. The highest BCUT2D eigenvalue weighted by atomic mass is 35.5. The molecule has 1 aromatic rings. The van der Waals surface area contributed by atoms with Gasteiger partial charge < -0.3 is 0 Å². The molecule has 0 saturated heterocycles. The van der Waals surface area contributed by atoms with Crippen molar-refractivity contribution in [1.29, 1.82) is 0 Å². The van der Waals surface area contributed by atoms with Crippen molar-refractivity contribution in [3.05, 3.63) is 28.8 Å². The van der Waals surface area contributed by atoms with Crippen LogP contribution in [0.3, 0.4) is 0 Å². The number of halogens is 2. The Hall–Kier alpha value is 0.150. The minimum absolute atomic E-state index is 0.531. The van der Waals surface area contributed by atoms with Gasteiger partial charge in [-0.1, -0.05) is 18.5 Å². The molecule has 0 unspecified atom stereocenters. The van der Waals surface area contributed by atoms with E-state index in [4.69, 9.17) is 23.2 Å². The lowest BCUT2D eigenvalue weighted by Crippen LogP contribution is -1.83. The van der Waals surface area contributed by atoms with Crippen molar-refractivity contribution < 1.29 is 0 Å². The van der Waals surface area contributed by atoms with Gasteiger partial charge in [-0.2, -0.15) is 0 Å². The molecule has 0 saturated carbocycles. The van der Waals surface area contributed by atoms with Gasteiger partial charge in [0.05, 0.1) is 0 Å². The number of alkyl halides is 1. The Balaban J connectivity index is 2.94. The number of thioether (sulfide) groups is 1. The predicted molar refractivity (Wildman–Crippen MR) is 57.4 cm³/mol. The first-order valence-electron chi connectivity index (χ1n) is 3.75. The van der Waals surface area contributed by atoms with E-state index in [1.54, 1.807) is 11.8 Å². The van der Waals surface area contributed by atoms with Crippen molar-refractivity contribution in [3.63, 3.8) is 0 Å². The van der Waals surface area contributed by atoms with Crippen molar-refractivity contribution in [2.75, 3.05) is 5.75 Å². The number of hydrogen-bond donors (Lipinski definition) is 0. The summed E-state index contributed by atoms with van der Waals surface area (Å²) in [5, 5.41) is 0.756. The summed E-state index contributed by atoms with van der Waals surface area (Å²) in [6.45, 7) is 2.12. The molecule has 0 radical (unpaired) electrons. The predicted octanol–water partition coefficient (Wildman–Crippen LogP) is 4.19. The monoisotopic (exact) mass is 220 g/mol. The molecular weight excluding hydrogens is 211 g/mol. The summed E-state index contributed by atoms with van der Waals surface area (Å²) in [4.78, 5) is 1.23. The Morgan fingerprint density at radius 1 is 1.42 bits per heavy atom. The molecule has 0 N–H and O–H groups in total. The maximum absolute atomic E-state index is 5.83. The van der Waals surface area contributed by atoms with Crippen LogP contribution in [0.4, 0.5) is 0 Å². The van der Waals surface area contributed by atoms with Crippen LogP contribution in [0, 0.1) is 0 Å². The zero-order valence-corrected chi connectivity index (χ0v) is 9.14. The second kappa shape index (κ2) is 5.00. The van der Waals surface area contributed by atoms with Crippen LogP contribution in [0.25, 0.3) is 0 Å². The highest BCUT2D eigenvalue weighted by Gasteiger charge is 2.01. The average Bonchev–Trinajstić information content (AvgIpc) is 2.08. The Morgan fingerprint density at radius 3 is 2.75 bits per heavy atom. The van der Waals surface area contributed by atoms with Gasteiger partial charge in [0.2, 0.25) is 0 Å². The molecule has 0 amide bonds. The van der Waals surface area contributed by atoms with Gasteiger partial charge in [0, 0.05) is 15.8 Å². The lowest BCUT2D eigenvalue weighted by atomic mass is 10.2. The molecule has 0 nitrogen and oxygen atoms in total. The maximum Gasteiger partial charge on any atom is 0.0485 e. The molecule has 66 valence electrons. The molecule has 0 fully saturated rings. The molecule has 0 aliphatic rings. The lowest BCUT2D eigenvalue weighted by molar-refractivity contribution is 1.26. The standard InChI is InChI=1S/C9H10Cl2S/c1-2-12-9-4-3-8(11)5-7(9)6-10/h3-5H,2,6H2,1H3. The Morgan fingerprint density at radius 2 is 2.17 bits per heavy atom. The second-order valence-corrected chi connectivity index (χ2v) is 4.33. The fraction of sp³-hybridized carbons (Fsp3) is 0.333. The van der Waals surface area contributed by atoms with Crippen LogP contribution in [-0.2, 0) is 5.88 Å². The van der Waals surface area contributed by atoms with Crippen LogP contribution in [0.15, 0.2) is 23.1 Å². The van der Waals surface area contributed by atoms with Gasteiger partial charge in [-0.15, -0.1) is 23.4 Å². The summed E-state index contributed by atoms with van der Waals surface area (Å²) in [6.07, 6.45) is 0. The molecule has 0 aliphatic heterocycles. The van der Waals surface area contributed by atoms with Crippen LogP contribution in [0.5, 0.6) is 0 Å². The first-order valence-corrected chi connectivity index (χ1v) is 5.65. The van der Waals surface area contributed by atoms with E-state index in [0.29, 0.717) is 5.88 Å². The normalized spacial score (nSPS) is 10.2. The van der Waals surface area contributed by atoms with Gasteiger partial charge in [-0.25, -0.2) is 0 Å². The largest absolute Gasteiger partial charge is 0.126 e. The minimum Gasteiger partial charge on any atom is -0.126 e. The van der Waals surface area contributed by atoms with Crippen LogP contribution in [0.1, 0.15) is 12.5 Å². The Kier molecular flexibility index (Phi) is 4.27. The van der Waals surface area contributed by atoms with E-state index < -0.39 is 0 Å². The van der Waals surface area contributed by atoms with E-state index in [2.05, 4.69) is 6.92 Å². The summed E-state index contributed by atoms with van der Waals surface area (Å²) >= 11 is 13.4. The molecule has 0 aromatic heterocycles. The van der Waals surface area contributed by atoms with E-state index in [0.717, 1.165) is 16.3 Å². The summed E-state index contributed by atoms with van der Waals surface area (Å²) in [7, 11) is 0. The zero-order chi connectivity index (χ0) is 8.97. The van der Waals surface area contributed by atoms with Crippen LogP contribution >= 0.6 is 35.0 Å². The molecule has 0 atom stereocenters. The van der Waals surface area contributed by atoms with Gasteiger partial charge in [-0.05, 0) is 29.5 Å². The Bertz CT molecular complexity index is 261. The van der Waals surface area contributed by atoms with E-state index in [1.807, 2.05) is 18.2 Å². The average molecular weight is 221 g/mol. The lowest BCUT2D eigenvalue weighted by Gasteiger charge is -2.04. The molecule has 3 heteroatoms. The Labute approximate surface area is 87.3 Å². The molecule has 0 spiro atoms. The van der Waals surface area contributed by atoms with Gasteiger partial charge in [0.15, 0.2) is 0 Å². The molecule has 0 bridgehead atoms. The topological polar surface area (TPSA) is 0 Å². The van der Waals surface area contributed by atoms with Gasteiger partial charge in [0.1, 0.15) is 0 Å². The summed E-state index contributed by atoms with van der Waals surface area (Å²) < 4.78 is 0. The fourth-order valence-corrected chi connectivity index (χ4v) is 2.24. The van der Waals surface area contributed by atoms with E-state index >= 15 is 0 Å². The molecule has 12 heavy (non-hydrogen) atoms. The quantitative estimate of drug-likeness (QED) is 0.544. The van der Waals surface area contributed by atoms with Crippen LogP contribution in [0.2, 0.25) is 5.02 Å². The van der Waals surface area contributed by atoms with Gasteiger partial charge in [0.25, 0.3) is 0 Å². The van der Waals surface area contributed by atoms with Gasteiger partial charge >= 0.3 is 0 Å². The molecule has 0 heterocycles. The minimum atomic E-state index is 0.531. The van der Waals surface area contributed by atoms with Crippen molar-refractivity contribution in [3.8, 4) is 0 Å². The van der Waals surface area contributed by atoms with Crippen LogP contribution < -0.4 is 0 Å². The number of hydrogen-bond acceptors (Lipinski definition) is 1. The third kappa shape index (κ3) is 2.58. The van der Waals surface area contributed by atoms with Crippen molar-refractivity contribution in [1.82, 2.24) is 0 Å². The van der Waals surface area contributed by atoms with Crippen LogP contribution in [-0.4, -0.2) is 5.75 Å². The summed E-state index contributed by atoms with van der Waals surface area (Å²) in [6, 6.07) is 5.84.